The van der Waals surface area contributed by atoms with Gasteiger partial charge >= 0.3 is 18.1 Å². The lowest BCUT2D eigenvalue weighted by molar-refractivity contribution is -0.284. The summed E-state index contributed by atoms with van der Waals surface area (Å²) in [7, 11) is 0. The van der Waals surface area contributed by atoms with Crippen molar-refractivity contribution in [1.82, 2.24) is 0 Å². The van der Waals surface area contributed by atoms with Crippen molar-refractivity contribution in [2.75, 3.05) is 5.75 Å². The normalized spacial score (nSPS) is 14.7. The van der Waals surface area contributed by atoms with E-state index in [2.05, 4.69) is 0 Å². The van der Waals surface area contributed by atoms with Gasteiger partial charge in [-0.15, -0.1) is 11.8 Å². The summed E-state index contributed by atoms with van der Waals surface area (Å²) in [6.07, 6.45) is -4.97. The Labute approximate surface area is 138 Å². The number of unbranched alkanes of at least 4 members (excludes halogenated alkanes) is 1. The minimum atomic E-state index is -5.52. The molecule has 1 atom stereocenters. The molecule has 0 bridgehead atoms. The van der Waals surface area contributed by atoms with Crippen molar-refractivity contribution < 1.29 is 31.5 Å². The second kappa shape index (κ2) is 9.08. The molecule has 0 radical (unpaired) electrons. The molecular formula is C15H25F5O2S. The van der Waals surface area contributed by atoms with Gasteiger partial charge < -0.3 is 4.74 Å². The number of rotatable bonds is 9. The number of hydrogen-bond donors (Lipinski definition) is 0. The summed E-state index contributed by atoms with van der Waals surface area (Å²) in [6.45, 7) is 7.10. The van der Waals surface area contributed by atoms with E-state index in [0.29, 0.717) is 6.42 Å². The van der Waals surface area contributed by atoms with Crippen molar-refractivity contribution in [3.63, 3.8) is 0 Å². The van der Waals surface area contributed by atoms with Crippen LogP contribution in [0, 0.1) is 0 Å². The Bertz CT molecular complexity index is 364. The molecule has 0 saturated heterocycles. The zero-order valence-corrected chi connectivity index (χ0v) is 14.8. The van der Waals surface area contributed by atoms with Crippen LogP contribution in [0.3, 0.4) is 0 Å². The molecule has 0 saturated carbocycles. The van der Waals surface area contributed by atoms with Gasteiger partial charge in [0.1, 0.15) is 10.9 Å². The standard InChI is InChI=1S/C15H25F5O2S/c1-5-6-8-11(12(21)22-13(2,3)4)23-10-7-9-14(16,17)15(18,19)20/h11H,5-10H2,1-4H3. The van der Waals surface area contributed by atoms with Crippen molar-refractivity contribution in [3.8, 4) is 0 Å². The molecule has 0 fully saturated rings. The first-order valence-corrected chi connectivity index (χ1v) is 8.64. The summed E-state index contributed by atoms with van der Waals surface area (Å²) in [5, 5.41) is -0.534. The molecule has 0 aromatic carbocycles. The van der Waals surface area contributed by atoms with Crippen LogP contribution in [0.25, 0.3) is 0 Å². The number of ether oxygens (including phenoxy) is 1. The van der Waals surface area contributed by atoms with Crippen molar-refractivity contribution >= 4 is 17.7 Å². The molecule has 2 nitrogen and oxygen atoms in total. The van der Waals surface area contributed by atoms with E-state index in [9.17, 15) is 26.7 Å². The molecule has 0 amide bonds. The number of alkyl halides is 5. The quantitative estimate of drug-likeness (QED) is 0.303. The largest absolute Gasteiger partial charge is 0.459 e. The SMILES string of the molecule is CCCCC(SCCCC(F)(F)C(F)(F)F)C(=O)OC(C)(C)C. The van der Waals surface area contributed by atoms with E-state index in [4.69, 9.17) is 4.74 Å². The van der Waals surface area contributed by atoms with Crippen LogP contribution in [0.5, 0.6) is 0 Å². The number of carbonyl (C=O) groups excluding carboxylic acids is 1. The van der Waals surface area contributed by atoms with Gasteiger partial charge in [-0.3, -0.25) is 4.79 Å². The second-order valence-electron chi connectivity index (χ2n) is 6.34. The van der Waals surface area contributed by atoms with Crippen LogP contribution in [0.4, 0.5) is 22.0 Å². The third-order valence-electron chi connectivity index (χ3n) is 2.86. The summed E-state index contributed by atoms with van der Waals surface area (Å²) in [6, 6.07) is 0. The number of thioether (sulfide) groups is 1. The third-order valence-corrected chi connectivity index (χ3v) is 4.21. The van der Waals surface area contributed by atoms with Crippen LogP contribution in [-0.4, -0.2) is 34.7 Å². The van der Waals surface area contributed by atoms with Crippen LogP contribution in [0.2, 0.25) is 0 Å². The number of halogens is 5. The number of hydrogen-bond acceptors (Lipinski definition) is 3. The summed E-state index contributed by atoms with van der Waals surface area (Å²) >= 11 is 1.09. The van der Waals surface area contributed by atoms with E-state index < -0.39 is 35.3 Å². The van der Waals surface area contributed by atoms with E-state index in [1.807, 2.05) is 6.92 Å². The van der Waals surface area contributed by atoms with Crippen LogP contribution in [0.1, 0.15) is 59.8 Å². The van der Waals surface area contributed by atoms with Crippen molar-refractivity contribution in [3.05, 3.63) is 0 Å². The molecule has 0 N–H and O–H groups in total. The Morgan fingerprint density at radius 3 is 2.09 bits per heavy atom. The lowest BCUT2D eigenvalue weighted by atomic mass is 10.1. The molecule has 23 heavy (non-hydrogen) atoms. The fraction of sp³-hybridized carbons (Fsp3) is 0.933. The zero-order chi connectivity index (χ0) is 18.3. The fourth-order valence-electron chi connectivity index (χ4n) is 1.69. The van der Waals surface area contributed by atoms with Gasteiger partial charge in [0.15, 0.2) is 0 Å². The summed E-state index contributed by atoms with van der Waals surface area (Å²) in [5.41, 5.74) is -0.661. The number of esters is 1. The molecule has 0 rings (SSSR count). The molecule has 138 valence electrons. The summed E-state index contributed by atoms with van der Waals surface area (Å²) in [4.78, 5) is 12.0. The first kappa shape index (κ1) is 22.5. The van der Waals surface area contributed by atoms with Gasteiger partial charge in [-0.1, -0.05) is 19.8 Å². The molecule has 0 aliphatic rings. The minimum absolute atomic E-state index is 0.0549. The maximum absolute atomic E-state index is 12.8. The first-order valence-electron chi connectivity index (χ1n) is 7.59. The highest BCUT2D eigenvalue weighted by Gasteiger charge is 2.56. The summed E-state index contributed by atoms with van der Waals surface area (Å²) < 4.78 is 67.1. The van der Waals surface area contributed by atoms with Crippen molar-refractivity contribution in [2.45, 2.75) is 82.7 Å². The van der Waals surface area contributed by atoms with Crippen LogP contribution in [-0.2, 0) is 9.53 Å². The molecule has 0 heterocycles. The predicted octanol–water partition coefficient (Wildman–Crippen LogP) is 5.60. The van der Waals surface area contributed by atoms with Gasteiger partial charge in [-0.05, 0) is 39.4 Å². The third kappa shape index (κ3) is 9.37. The highest BCUT2D eigenvalue weighted by atomic mass is 32.2. The molecular weight excluding hydrogens is 339 g/mol. The average molecular weight is 364 g/mol. The smallest absolute Gasteiger partial charge is 0.453 e. The average Bonchev–Trinajstić information content (AvgIpc) is 2.34. The molecule has 0 spiro atoms. The monoisotopic (exact) mass is 364 g/mol. The van der Waals surface area contributed by atoms with E-state index >= 15 is 0 Å². The van der Waals surface area contributed by atoms with E-state index in [-0.39, 0.29) is 12.2 Å². The zero-order valence-electron chi connectivity index (χ0n) is 13.9. The van der Waals surface area contributed by atoms with Gasteiger partial charge in [0.05, 0.1) is 0 Å². The molecule has 0 aromatic rings. The Kier molecular flexibility index (Phi) is 8.87. The molecule has 0 aliphatic carbocycles. The second-order valence-corrected chi connectivity index (χ2v) is 7.65. The molecule has 0 aliphatic heterocycles. The van der Waals surface area contributed by atoms with E-state index in [0.717, 1.165) is 24.6 Å². The van der Waals surface area contributed by atoms with Crippen LogP contribution < -0.4 is 0 Å². The van der Waals surface area contributed by atoms with E-state index in [1.54, 1.807) is 20.8 Å². The maximum Gasteiger partial charge on any atom is 0.453 e. The Morgan fingerprint density at radius 1 is 1.09 bits per heavy atom. The topological polar surface area (TPSA) is 26.3 Å². The Hall–Kier alpha value is -0.530. The van der Waals surface area contributed by atoms with E-state index in [1.165, 1.54) is 0 Å². The van der Waals surface area contributed by atoms with Gasteiger partial charge in [0.2, 0.25) is 0 Å². The fourth-order valence-corrected chi connectivity index (χ4v) is 2.80. The highest BCUT2D eigenvalue weighted by molar-refractivity contribution is 8.00. The number of carbonyl (C=O) groups is 1. The first-order chi connectivity index (χ1) is 10.3. The lowest BCUT2D eigenvalue weighted by Gasteiger charge is -2.24. The Balaban J connectivity index is 4.44. The van der Waals surface area contributed by atoms with Gasteiger partial charge in [0, 0.05) is 6.42 Å². The Morgan fingerprint density at radius 2 is 1.65 bits per heavy atom. The minimum Gasteiger partial charge on any atom is -0.459 e. The van der Waals surface area contributed by atoms with Gasteiger partial charge in [-0.25, -0.2) is 0 Å². The predicted molar refractivity (Wildman–Crippen MR) is 81.9 cm³/mol. The van der Waals surface area contributed by atoms with Crippen LogP contribution in [0.15, 0.2) is 0 Å². The highest BCUT2D eigenvalue weighted by Crippen LogP contribution is 2.39. The maximum atomic E-state index is 12.8. The van der Waals surface area contributed by atoms with Crippen molar-refractivity contribution in [2.24, 2.45) is 0 Å². The molecule has 8 heteroatoms. The lowest BCUT2D eigenvalue weighted by Crippen LogP contribution is -2.36. The molecule has 1 unspecified atom stereocenters. The molecule has 0 aromatic heterocycles. The van der Waals surface area contributed by atoms with Gasteiger partial charge in [0.25, 0.3) is 0 Å². The summed E-state index contributed by atoms with van der Waals surface area (Å²) in [5.74, 6) is -5.07. The van der Waals surface area contributed by atoms with Gasteiger partial charge in [-0.2, -0.15) is 22.0 Å². The van der Waals surface area contributed by atoms with Crippen molar-refractivity contribution in [1.29, 1.82) is 0 Å². The van der Waals surface area contributed by atoms with Crippen LogP contribution >= 0.6 is 11.8 Å².